The second-order valence-corrected chi connectivity index (χ2v) is 11.9. The van der Waals surface area contributed by atoms with Crippen LogP contribution >= 0.6 is 6.89 Å². The molecule has 0 aromatic heterocycles. The van der Waals surface area contributed by atoms with Crippen molar-refractivity contribution in [3.63, 3.8) is 0 Å². The Morgan fingerprint density at radius 2 is 0.971 bits per heavy atom. The van der Waals surface area contributed by atoms with Crippen LogP contribution in [0.25, 0.3) is 11.1 Å². The quantitative estimate of drug-likeness (QED) is 0.201. The van der Waals surface area contributed by atoms with Gasteiger partial charge in [-0.2, -0.15) is 0 Å². The Bertz CT molecular complexity index is 1380. The van der Waals surface area contributed by atoms with E-state index in [1.54, 1.807) is 0 Å². The molecule has 0 heterocycles. The van der Waals surface area contributed by atoms with Gasteiger partial charge in [-0.05, 0) is 46.6 Å². The number of benzene rings is 5. The zero-order valence-electron chi connectivity index (χ0n) is 19.7. The zero-order chi connectivity index (χ0) is 24.1. The van der Waals surface area contributed by atoms with Gasteiger partial charge >= 0.3 is 0 Å². The summed E-state index contributed by atoms with van der Waals surface area (Å²) in [5.41, 5.74) is 3.94. The first-order chi connectivity index (χ1) is 17.2. The van der Waals surface area contributed by atoms with E-state index in [0.29, 0.717) is 0 Å². The van der Waals surface area contributed by atoms with Crippen LogP contribution in [0.15, 0.2) is 140 Å². The molecule has 0 atom stereocenters. The average molecular weight is 471 g/mol. The van der Waals surface area contributed by atoms with Crippen molar-refractivity contribution >= 4 is 34.4 Å². The molecule has 5 rings (SSSR count). The van der Waals surface area contributed by atoms with Crippen molar-refractivity contribution in [3.8, 4) is 11.1 Å². The van der Waals surface area contributed by atoms with Gasteiger partial charge in [0.15, 0.2) is 5.78 Å². The predicted molar refractivity (Wildman–Crippen MR) is 152 cm³/mol. The van der Waals surface area contributed by atoms with E-state index < -0.39 is 6.89 Å². The number of ketones is 1. The van der Waals surface area contributed by atoms with Gasteiger partial charge in [0, 0.05) is 5.56 Å². The van der Waals surface area contributed by atoms with E-state index >= 15 is 0 Å². The highest BCUT2D eigenvalue weighted by molar-refractivity contribution is 7.95. The molecule has 0 spiro atoms. The van der Waals surface area contributed by atoms with Gasteiger partial charge in [0.25, 0.3) is 0 Å². The SMILES string of the molecule is Cc1ccc(-c2ccccc2C(=O)C=P(c2ccccc2)(c2ccccc2)c2ccccc2)cc1. The summed E-state index contributed by atoms with van der Waals surface area (Å²) in [5, 5.41) is 3.50. The lowest BCUT2D eigenvalue weighted by Gasteiger charge is -2.28. The van der Waals surface area contributed by atoms with Crippen LogP contribution in [0.4, 0.5) is 0 Å². The van der Waals surface area contributed by atoms with Crippen LogP contribution in [0.2, 0.25) is 0 Å². The maximum absolute atomic E-state index is 14.2. The van der Waals surface area contributed by atoms with Gasteiger partial charge in [-0.3, -0.25) is 4.79 Å². The van der Waals surface area contributed by atoms with E-state index in [0.717, 1.165) is 16.7 Å². The number of hydrogen-bond donors (Lipinski definition) is 0. The second kappa shape index (κ2) is 10.1. The fraction of sp³-hybridized carbons (Fsp3) is 0.0303. The van der Waals surface area contributed by atoms with Crippen molar-refractivity contribution in [1.29, 1.82) is 0 Å². The van der Waals surface area contributed by atoms with Crippen LogP contribution in [-0.2, 0) is 0 Å². The molecule has 0 N–H and O–H groups in total. The van der Waals surface area contributed by atoms with Crippen LogP contribution in [0.3, 0.4) is 0 Å². The Balaban J connectivity index is 1.80. The van der Waals surface area contributed by atoms with Gasteiger partial charge in [-0.1, -0.05) is 145 Å². The summed E-state index contributed by atoms with van der Waals surface area (Å²) in [6.07, 6.45) is 0. The molecule has 35 heavy (non-hydrogen) atoms. The second-order valence-electron chi connectivity index (χ2n) is 8.63. The number of hydrogen-bond acceptors (Lipinski definition) is 1. The molecule has 0 fully saturated rings. The third kappa shape index (κ3) is 4.56. The van der Waals surface area contributed by atoms with Crippen molar-refractivity contribution in [3.05, 3.63) is 151 Å². The molecule has 2 heteroatoms. The van der Waals surface area contributed by atoms with Crippen LogP contribution < -0.4 is 15.9 Å². The van der Waals surface area contributed by atoms with Crippen molar-refractivity contribution in [2.45, 2.75) is 6.92 Å². The molecular weight excluding hydrogens is 443 g/mol. The fourth-order valence-corrected chi connectivity index (χ4v) is 8.35. The molecule has 0 saturated heterocycles. The van der Waals surface area contributed by atoms with Gasteiger partial charge in [-0.15, -0.1) is 0 Å². The smallest absolute Gasteiger partial charge is 0.187 e. The Morgan fingerprint density at radius 3 is 1.46 bits per heavy atom. The number of rotatable bonds is 6. The summed E-state index contributed by atoms with van der Waals surface area (Å²) in [4.78, 5) is 14.2. The van der Waals surface area contributed by atoms with Crippen LogP contribution in [0, 0.1) is 6.92 Å². The Kier molecular flexibility index (Phi) is 6.62. The molecule has 0 aliphatic carbocycles. The minimum Gasteiger partial charge on any atom is -0.289 e. The van der Waals surface area contributed by atoms with Crippen molar-refractivity contribution < 1.29 is 4.79 Å². The molecule has 0 radical (unpaired) electrons. The molecule has 1 nitrogen and oxygen atoms in total. The molecule has 5 aromatic carbocycles. The normalized spacial score (nSPS) is 11.1. The third-order valence-electron chi connectivity index (χ3n) is 6.36. The average Bonchev–Trinajstić information content (AvgIpc) is 2.93. The zero-order valence-corrected chi connectivity index (χ0v) is 20.6. The lowest BCUT2D eigenvalue weighted by atomic mass is 9.97. The number of carbonyl (C=O) groups is 1. The largest absolute Gasteiger partial charge is 0.289 e. The fourth-order valence-electron chi connectivity index (χ4n) is 4.59. The molecule has 0 aliphatic rings. The number of carbonyl (C=O) groups excluding carboxylic acids is 1. The lowest BCUT2D eigenvalue weighted by Crippen LogP contribution is -2.28. The topological polar surface area (TPSA) is 17.1 Å². The number of Topliss-reactive ketones (excluding diaryl/α,β-unsaturated/α-hetero) is 1. The maximum atomic E-state index is 14.2. The Hall–Kier alpha value is -3.93. The van der Waals surface area contributed by atoms with Crippen LogP contribution in [0.5, 0.6) is 0 Å². The Labute approximate surface area is 207 Å². The van der Waals surface area contributed by atoms with Gasteiger partial charge < -0.3 is 0 Å². The van der Waals surface area contributed by atoms with Crippen molar-refractivity contribution in [2.75, 3.05) is 0 Å². The lowest BCUT2D eigenvalue weighted by molar-refractivity contribution is 0.107. The van der Waals surface area contributed by atoms with Gasteiger partial charge in [0.2, 0.25) is 0 Å². The molecule has 0 unspecified atom stereocenters. The summed E-state index contributed by atoms with van der Waals surface area (Å²) in [7, 11) is 0. The molecule has 5 aromatic rings. The highest BCUT2D eigenvalue weighted by Gasteiger charge is 2.27. The van der Waals surface area contributed by atoms with E-state index in [4.69, 9.17) is 0 Å². The number of aryl methyl sites for hydroxylation is 1. The minimum atomic E-state index is -2.37. The van der Waals surface area contributed by atoms with E-state index in [2.05, 4.69) is 104 Å². The first-order valence-electron chi connectivity index (χ1n) is 11.8. The highest BCUT2D eigenvalue weighted by Crippen LogP contribution is 2.44. The van der Waals surface area contributed by atoms with E-state index in [9.17, 15) is 4.79 Å². The summed E-state index contributed by atoms with van der Waals surface area (Å²) in [6, 6.07) is 47.7. The third-order valence-corrected chi connectivity index (χ3v) is 10.3. The summed E-state index contributed by atoms with van der Waals surface area (Å²) in [5.74, 6) is 2.06. The summed E-state index contributed by atoms with van der Waals surface area (Å²) >= 11 is 0. The van der Waals surface area contributed by atoms with Crippen molar-refractivity contribution in [2.24, 2.45) is 0 Å². The summed E-state index contributed by atoms with van der Waals surface area (Å²) < 4.78 is 0. The predicted octanol–water partition coefficient (Wildman–Crippen LogP) is 6.64. The van der Waals surface area contributed by atoms with Gasteiger partial charge in [0.05, 0.1) is 0 Å². The Morgan fingerprint density at radius 1 is 0.543 bits per heavy atom. The first kappa shape index (κ1) is 22.8. The molecular formula is C33H27OP. The van der Waals surface area contributed by atoms with Crippen molar-refractivity contribution in [1.82, 2.24) is 0 Å². The van der Waals surface area contributed by atoms with E-state index in [1.165, 1.54) is 21.5 Å². The molecule has 0 bridgehead atoms. The van der Waals surface area contributed by atoms with Crippen LogP contribution in [-0.4, -0.2) is 11.6 Å². The monoisotopic (exact) mass is 470 g/mol. The highest BCUT2D eigenvalue weighted by atomic mass is 31.2. The first-order valence-corrected chi connectivity index (χ1v) is 13.7. The van der Waals surface area contributed by atoms with E-state index in [1.807, 2.05) is 48.3 Å². The standard InChI is InChI=1S/C33H27OP/c1-26-21-23-27(24-22-26)31-19-11-12-20-32(31)33(34)25-35(28-13-5-2-6-14-28,29-15-7-3-8-16-29)30-17-9-4-10-18-30/h2-25H,1H3. The molecule has 0 saturated carbocycles. The van der Waals surface area contributed by atoms with E-state index in [-0.39, 0.29) is 5.78 Å². The molecule has 0 amide bonds. The van der Waals surface area contributed by atoms with Crippen LogP contribution in [0.1, 0.15) is 15.9 Å². The maximum Gasteiger partial charge on any atom is 0.187 e. The minimum absolute atomic E-state index is 0.0473. The summed E-state index contributed by atoms with van der Waals surface area (Å²) in [6.45, 7) is -0.292. The molecule has 0 aliphatic heterocycles. The van der Waals surface area contributed by atoms with Gasteiger partial charge in [-0.25, -0.2) is 0 Å². The molecule has 170 valence electrons. The van der Waals surface area contributed by atoms with Gasteiger partial charge in [0.1, 0.15) is 0 Å².